The predicted octanol–water partition coefficient (Wildman–Crippen LogP) is 3.60. The fraction of sp³-hybridized carbons (Fsp3) is 0.474. The molecule has 0 amide bonds. The van der Waals surface area contributed by atoms with Gasteiger partial charge in [-0.05, 0) is 38.6 Å². The second-order valence-electron chi connectivity index (χ2n) is 6.25. The van der Waals surface area contributed by atoms with Gasteiger partial charge in [-0.25, -0.2) is 4.98 Å². The molecule has 0 saturated carbocycles. The molecule has 0 aliphatic carbocycles. The molecular weight excluding hydrogens is 457 g/mol. The van der Waals surface area contributed by atoms with Gasteiger partial charge in [0.25, 0.3) is 0 Å². The van der Waals surface area contributed by atoms with Gasteiger partial charge in [0.1, 0.15) is 5.01 Å². The van der Waals surface area contributed by atoms with Crippen molar-refractivity contribution in [2.45, 2.75) is 32.9 Å². The molecule has 0 fully saturated rings. The molecule has 1 aromatic carbocycles. The summed E-state index contributed by atoms with van der Waals surface area (Å²) in [6.45, 7) is 5.73. The van der Waals surface area contributed by atoms with Crippen LogP contribution in [0.25, 0.3) is 0 Å². The zero-order valence-corrected chi connectivity index (χ0v) is 19.4. The zero-order valence-electron chi connectivity index (χ0n) is 16.2. The summed E-state index contributed by atoms with van der Waals surface area (Å²) in [7, 11) is 6.01. The van der Waals surface area contributed by atoms with E-state index in [4.69, 9.17) is 0 Å². The van der Waals surface area contributed by atoms with Crippen LogP contribution in [-0.2, 0) is 13.0 Å². The van der Waals surface area contributed by atoms with Gasteiger partial charge in [0.15, 0.2) is 5.96 Å². The highest BCUT2D eigenvalue weighted by molar-refractivity contribution is 14.0. The number of likely N-dealkylation sites (N-methyl/N-ethyl adjacent to an activating group) is 1. The van der Waals surface area contributed by atoms with Gasteiger partial charge in [-0.2, -0.15) is 0 Å². The maximum Gasteiger partial charge on any atom is 0.191 e. The molecule has 0 bridgehead atoms. The molecule has 0 aliphatic rings. The van der Waals surface area contributed by atoms with E-state index in [-0.39, 0.29) is 30.0 Å². The van der Waals surface area contributed by atoms with E-state index >= 15 is 0 Å². The Balaban J connectivity index is 0.00000338. The molecule has 26 heavy (non-hydrogen) atoms. The number of hydrogen-bond donors (Lipinski definition) is 2. The van der Waals surface area contributed by atoms with Crippen LogP contribution in [0.1, 0.15) is 34.0 Å². The maximum absolute atomic E-state index is 4.37. The minimum Gasteiger partial charge on any atom is -0.354 e. The summed E-state index contributed by atoms with van der Waals surface area (Å²) in [4.78, 5) is 12.1. The average molecular weight is 487 g/mol. The number of thiazole rings is 1. The van der Waals surface area contributed by atoms with Crippen LogP contribution in [0.3, 0.4) is 0 Å². The summed E-state index contributed by atoms with van der Waals surface area (Å²) < 4.78 is 0. The van der Waals surface area contributed by atoms with E-state index in [0.717, 1.165) is 23.9 Å². The molecule has 0 spiro atoms. The van der Waals surface area contributed by atoms with Gasteiger partial charge in [0.2, 0.25) is 0 Å². The summed E-state index contributed by atoms with van der Waals surface area (Å²) in [5.41, 5.74) is 2.67. The van der Waals surface area contributed by atoms with Gasteiger partial charge in [-0.15, -0.1) is 35.3 Å². The molecule has 5 nitrogen and oxygen atoms in total. The number of nitrogens with one attached hydrogen (secondary N) is 2. The Hall–Kier alpha value is -1.19. The Morgan fingerprint density at radius 3 is 2.42 bits per heavy atom. The third kappa shape index (κ3) is 6.85. The first kappa shape index (κ1) is 22.9. The van der Waals surface area contributed by atoms with Crippen molar-refractivity contribution in [3.8, 4) is 0 Å². The molecule has 2 aromatic rings. The lowest BCUT2D eigenvalue weighted by molar-refractivity contribution is 0.298. The van der Waals surface area contributed by atoms with Crippen LogP contribution in [0.2, 0.25) is 0 Å². The smallest absolute Gasteiger partial charge is 0.191 e. The number of aromatic nitrogens is 1. The number of nitrogens with zero attached hydrogens (tertiary/aromatic N) is 3. The third-order valence-corrected chi connectivity index (χ3v) is 5.07. The lowest BCUT2D eigenvalue weighted by atomic mass is 10.0. The van der Waals surface area contributed by atoms with Crippen molar-refractivity contribution in [3.63, 3.8) is 0 Å². The summed E-state index contributed by atoms with van der Waals surface area (Å²) in [6, 6.07) is 9.15. The van der Waals surface area contributed by atoms with E-state index in [2.05, 4.69) is 77.7 Å². The molecular formula is C19H30IN5S. The highest BCUT2D eigenvalue weighted by Crippen LogP contribution is 2.18. The largest absolute Gasteiger partial charge is 0.354 e. The second-order valence-corrected chi connectivity index (χ2v) is 7.57. The predicted molar refractivity (Wildman–Crippen MR) is 123 cm³/mol. The first-order valence-corrected chi connectivity index (χ1v) is 9.46. The topological polar surface area (TPSA) is 52.6 Å². The number of benzene rings is 1. The molecule has 2 N–H and O–H groups in total. The molecule has 1 atom stereocenters. The zero-order chi connectivity index (χ0) is 18.2. The van der Waals surface area contributed by atoms with Crippen molar-refractivity contribution in [1.82, 2.24) is 20.5 Å². The number of guanidine groups is 1. The number of rotatable bonds is 7. The molecule has 2 rings (SSSR count). The number of aliphatic imine (C=N–C) groups is 1. The van der Waals surface area contributed by atoms with Crippen LogP contribution in [0.4, 0.5) is 0 Å². The fourth-order valence-electron chi connectivity index (χ4n) is 2.63. The van der Waals surface area contributed by atoms with Crippen molar-refractivity contribution >= 4 is 41.3 Å². The lowest BCUT2D eigenvalue weighted by Gasteiger charge is -2.26. The highest BCUT2D eigenvalue weighted by Gasteiger charge is 2.14. The Bertz CT molecular complexity index is 681. The van der Waals surface area contributed by atoms with E-state index in [1.165, 1.54) is 16.0 Å². The molecule has 1 heterocycles. The van der Waals surface area contributed by atoms with Crippen molar-refractivity contribution in [2.24, 2.45) is 4.99 Å². The Morgan fingerprint density at radius 1 is 1.23 bits per heavy atom. The first-order chi connectivity index (χ1) is 12.0. The van der Waals surface area contributed by atoms with E-state index in [1.807, 2.05) is 6.20 Å². The Labute approximate surface area is 178 Å². The van der Waals surface area contributed by atoms with Crippen molar-refractivity contribution in [1.29, 1.82) is 0 Å². The van der Waals surface area contributed by atoms with Crippen LogP contribution in [0.5, 0.6) is 0 Å². The van der Waals surface area contributed by atoms with Crippen LogP contribution >= 0.6 is 35.3 Å². The summed E-state index contributed by atoms with van der Waals surface area (Å²) in [5.74, 6) is 0.796. The summed E-state index contributed by atoms with van der Waals surface area (Å²) in [5, 5.41) is 7.83. The summed E-state index contributed by atoms with van der Waals surface area (Å²) >= 11 is 1.71. The molecule has 0 radical (unpaired) electrons. The normalized spacial score (nSPS) is 12.6. The minimum atomic E-state index is 0. The molecule has 1 unspecified atom stereocenters. The lowest BCUT2D eigenvalue weighted by Crippen LogP contribution is -2.41. The molecule has 0 saturated heterocycles. The minimum absolute atomic E-state index is 0. The van der Waals surface area contributed by atoms with Crippen molar-refractivity contribution in [2.75, 3.05) is 27.7 Å². The first-order valence-electron chi connectivity index (χ1n) is 8.64. The third-order valence-electron chi connectivity index (χ3n) is 4.16. The average Bonchev–Trinajstić information content (AvgIpc) is 3.03. The van der Waals surface area contributed by atoms with Crippen molar-refractivity contribution in [3.05, 3.63) is 51.5 Å². The second kappa shape index (κ2) is 11.5. The number of hydrogen-bond acceptors (Lipinski definition) is 4. The fourth-order valence-corrected chi connectivity index (χ4v) is 3.36. The Kier molecular flexibility index (Phi) is 10.1. The number of aryl methyl sites for hydroxylation is 2. The van der Waals surface area contributed by atoms with Crippen LogP contribution in [-0.4, -0.2) is 43.5 Å². The van der Waals surface area contributed by atoms with Crippen molar-refractivity contribution < 1.29 is 0 Å². The van der Waals surface area contributed by atoms with E-state index in [9.17, 15) is 0 Å². The standard InChI is InChI=1S/C19H29N5S.HI/c1-6-15-7-9-16(10-8-15)17(24(4)5)12-22-19(20-3)23-13-18-21-11-14(2)25-18;/h7-11,17H,6,12-13H2,1-5H3,(H2,20,22,23);1H. The molecule has 144 valence electrons. The van der Waals surface area contributed by atoms with Gasteiger partial charge in [-0.3, -0.25) is 4.99 Å². The highest BCUT2D eigenvalue weighted by atomic mass is 127. The van der Waals surface area contributed by atoms with Crippen LogP contribution < -0.4 is 10.6 Å². The van der Waals surface area contributed by atoms with Gasteiger partial charge >= 0.3 is 0 Å². The van der Waals surface area contributed by atoms with Crippen LogP contribution in [0, 0.1) is 6.92 Å². The quantitative estimate of drug-likeness (QED) is 0.356. The monoisotopic (exact) mass is 487 g/mol. The van der Waals surface area contributed by atoms with E-state index in [0.29, 0.717) is 6.54 Å². The molecule has 0 aliphatic heterocycles. The summed E-state index contributed by atoms with van der Waals surface area (Å²) in [6.07, 6.45) is 2.97. The number of halogens is 1. The van der Waals surface area contributed by atoms with E-state index in [1.54, 1.807) is 18.4 Å². The van der Waals surface area contributed by atoms with Gasteiger partial charge in [0.05, 0.1) is 12.6 Å². The molecule has 1 aromatic heterocycles. The van der Waals surface area contributed by atoms with Gasteiger partial charge in [-0.1, -0.05) is 31.2 Å². The van der Waals surface area contributed by atoms with Gasteiger partial charge in [0, 0.05) is 24.7 Å². The van der Waals surface area contributed by atoms with Crippen LogP contribution in [0.15, 0.2) is 35.5 Å². The SMILES string of the molecule is CCc1ccc(C(CNC(=NC)NCc2ncc(C)s2)N(C)C)cc1.I. The molecule has 7 heteroatoms. The van der Waals surface area contributed by atoms with Gasteiger partial charge < -0.3 is 15.5 Å². The Morgan fingerprint density at radius 2 is 1.92 bits per heavy atom. The van der Waals surface area contributed by atoms with E-state index < -0.39 is 0 Å². The maximum atomic E-state index is 4.37.